The van der Waals surface area contributed by atoms with Crippen molar-refractivity contribution in [1.82, 2.24) is 4.98 Å². The van der Waals surface area contributed by atoms with Gasteiger partial charge in [-0.05, 0) is 0 Å². The molecule has 0 aliphatic rings. The van der Waals surface area contributed by atoms with Gasteiger partial charge in [0, 0.05) is 13.8 Å². The molecule has 1 aromatic rings. The van der Waals surface area contributed by atoms with Gasteiger partial charge in [0.1, 0.15) is 11.9 Å². The van der Waals surface area contributed by atoms with Gasteiger partial charge in [0.15, 0.2) is 0 Å². The first-order valence-corrected chi connectivity index (χ1v) is 2.94. The van der Waals surface area contributed by atoms with E-state index in [9.17, 15) is 0 Å². The van der Waals surface area contributed by atoms with Crippen LogP contribution in [0.25, 0.3) is 6.20 Å². The minimum absolute atomic E-state index is 0. The van der Waals surface area contributed by atoms with Crippen LogP contribution in [0.4, 0.5) is 0 Å². The number of aromatic nitrogens is 2. The van der Waals surface area contributed by atoms with Crippen LogP contribution in [0.1, 0.15) is 11.5 Å². The number of H-pyrrole nitrogens is 1. The summed E-state index contributed by atoms with van der Waals surface area (Å²) in [7, 11) is 0. The molecule has 0 aliphatic heterocycles. The summed E-state index contributed by atoms with van der Waals surface area (Å²) in [5.74, 6) is 1.11. The van der Waals surface area contributed by atoms with Crippen molar-refractivity contribution < 1.29 is 17.0 Å². The summed E-state index contributed by atoms with van der Waals surface area (Å²) in [6, 6.07) is 0. The highest BCUT2D eigenvalue weighted by Crippen LogP contribution is 1.89. The molecule has 0 radical (unpaired) electrons. The second-order valence-corrected chi connectivity index (χ2v) is 2.07. The predicted octanol–water partition coefficient (Wildman–Crippen LogP) is -1.98. The topological polar surface area (TPSA) is 19.7 Å². The molecule has 1 rings (SSSR count). The van der Waals surface area contributed by atoms with Crippen LogP contribution in [0.3, 0.4) is 0 Å². The van der Waals surface area contributed by atoms with Gasteiger partial charge in [-0.15, -0.1) is 0 Å². The van der Waals surface area contributed by atoms with Crippen LogP contribution < -0.4 is 17.0 Å². The molecule has 0 atom stereocenters. The number of nitrogens with one attached hydrogen (secondary N) is 1. The largest absolute Gasteiger partial charge is 1.00 e. The molecule has 0 aliphatic carbocycles. The van der Waals surface area contributed by atoms with Crippen LogP contribution in [0.15, 0.2) is 12.8 Å². The third-order valence-electron chi connectivity index (χ3n) is 1.41. The van der Waals surface area contributed by atoms with Crippen molar-refractivity contribution >= 4 is 6.20 Å². The van der Waals surface area contributed by atoms with E-state index >= 15 is 0 Å². The number of aryl methyl sites for hydroxylation is 2. The number of nitrogens with zero attached hydrogens (tertiary/aromatic N) is 1. The van der Waals surface area contributed by atoms with Gasteiger partial charge in [0.25, 0.3) is 5.82 Å². The smallest absolute Gasteiger partial charge is 0.255 e. The zero-order valence-corrected chi connectivity index (χ0v) is 6.94. The second-order valence-electron chi connectivity index (χ2n) is 2.07. The summed E-state index contributed by atoms with van der Waals surface area (Å²) in [6.45, 7) is 7.71. The molecule has 10 heavy (non-hydrogen) atoms. The van der Waals surface area contributed by atoms with Crippen molar-refractivity contribution in [2.24, 2.45) is 0 Å². The Morgan fingerprint density at radius 2 is 2.20 bits per heavy atom. The highest BCUT2D eigenvalue weighted by atomic mass is 35.5. The van der Waals surface area contributed by atoms with Crippen LogP contribution in [-0.4, -0.2) is 4.98 Å². The molecule has 1 aromatic heterocycles. The van der Waals surface area contributed by atoms with Gasteiger partial charge in [-0.3, -0.25) is 0 Å². The average Bonchev–Trinajstić information content (AvgIpc) is 2.12. The Morgan fingerprint density at radius 1 is 1.60 bits per heavy atom. The maximum Gasteiger partial charge on any atom is 0.255 e. The Morgan fingerprint density at radius 3 is 2.40 bits per heavy atom. The number of rotatable bonds is 1. The number of imidazole rings is 1. The highest BCUT2D eigenvalue weighted by molar-refractivity contribution is 5.01. The number of halogens is 1. The molecule has 3 heteroatoms. The van der Waals surface area contributed by atoms with E-state index < -0.39 is 0 Å². The highest BCUT2D eigenvalue weighted by Gasteiger charge is 2.04. The molecule has 0 unspecified atom stereocenters. The average molecular weight is 159 g/mol. The number of hydrogen-bond acceptors (Lipinski definition) is 0. The van der Waals surface area contributed by atoms with E-state index in [0.717, 1.165) is 5.82 Å². The maximum absolute atomic E-state index is 3.67. The molecule has 0 saturated carbocycles. The summed E-state index contributed by atoms with van der Waals surface area (Å²) in [5.41, 5.74) is 1.18. The van der Waals surface area contributed by atoms with E-state index in [2.05, 4.69) is 11.6 Å². The lowest BCUT2D eigenvalue weighted by Gasteiger charge is -1.86. The molecule has 0 bridgehead atoms. The zero-order chi connectivity index (χ0) is 6.85. The Labute approximate surface area is 67.0 Å². The minimum Gasteiger partial charge on any atom is -1.00 e. The van der Waals surface area contributed by atoms with Crippen LogP contribution in [0.5, 0.6) is 0 Å². The van der Waals surface area contributed by atoms with Crippen LogP contribution in [-0.2, 0) is 0 Å². The van der Waals surface area contributed by atoms with Crippen molar-refractivity contribution in [3.05, 3.63) is 24.3 Å². The Bertz CT molecular complexity index is 208. The summed E-state index contributed by atoms with van der Waals surface area (Å²) in [5, 5.41) is 0. The predicted molar refractivity (Wildman–Crippen MR) is 36.8 cm³/mol. The fourth-order valence-corrected chi connectivity index (χ4v) is 0.893. The fourth-order valence-electron chi connectivity index (χ4n) is 0.893. The molecule has 0 spiro atoms. The second kappa shape index (κ2) is 3.42. The van der Waals surface area contributed by atoms with Gasteiger partial charge in [0.2, 0.25) is 0 Å². The first kappa shape index (κ1) is 9.24. The molecule has 0 aromatic carbocycles. The van der Waals surface area contributed by atoms with E-state index in [0.29, 0.717) is 0 Å². The van der Waals surface area contributed by atoms with Crippen molar-refractivity contribution in [1.29, 1.82) is 0 Å². The molecule has 1 N–H and O–H groups in total. The quantitative estimate of drug-likeness (QED) is 0.458. The fraction of sp³-hybridized carbons (Fsp3) is 0.286. The minimum atomic E-state index is 0. The van der Waals surface area contributed by atoms with E-state index in [1.807, 2.05) is 24.6 Å². The molecule has 0 saturated heterocycles. The first-order chi connectivity index (χ1) is 4.25. The first-order valence-electron chi connectivity index (χ1n) is 2.94. The van der Waals surface area contributed by atoms with Crippen molar-refractivity contribution in [2.75, 3.05) is 0 Å². The standard InChI is InChI=1S/C7H10N2.ClH/c1-4-9-6(2)5-8-7(9)3;/h4-5H,1H2,2-3H3;1H. The lowest BCUT2D eigenvalue weighted by Crippen LogP contribution is -3.00. The molecular weight excluding hydrogens is 148 g/mol. The molecular formula is C7H11ClN2. The number of aromatic amines is 1. The summed E-state index contributed by atoms with van der Waals surface area (Å²) in [6.07, 6.45) is 3.75. The van der Waals surface area contributed by atoms with Gasteiger partial charge in [0.05, 0.1) is 6.20 Å². The number of hydrogen-bond donors (Lipinski definition) is 1. The van der Waals surface area contributed by atoms with Gasteiger partial charge in [-0.25, -0.2) is 9.55 Å². The third-order valence-corrected chi connectivity index (χ3v) is 1.41. The van der Waals surface area contributed by atoms with Gasteiger partial charge in [-0.2, -0.15) is 0 Å². The van der Waals surface area contributed by atoms with Crippen molar-refractivity contribution in [3.8, 4) is 0 Å². The molecule has 0 amide bonds. The molecule has 0 fully saturated rings. The van der Waals surface area contributed by atoms with E-state index in [4.69, 9.17) is 0 Å². The van der Waals surface area contributed by atoms with E-state index in [1.165, 1.54) is 5.69 Å². The van der Waals surface area contributed by atoms with Crippen LogP contribution in [0, 0.1) is 13.8 Å². The maximum atomic E-state index is 3.67. The van der Waals surface area contributed by atoms with E-state index in [1.54, 1.807) is 6.20 Å². The van der Waals surface area contributed by atoms with Gasteiger partial charge in [-0.1, -0.05) is 6.58 Å². The Hall–Kier alpha value is -0.760. The monoisotopic (exact) mass is 158 g/mol. The lowest BCUT2D eigenvalue weighted by molar-refractivity contribution is -0.580. The zero-order valence-electron chi connectivity index (χ0n) is 6.19. The summed E-state index contributed by atoms with van der Waals surface area (Å²) in [4.78, 5) is 3.08. The normalized spacial score (nSPS) is 8.60. The lowest BCUT2D eigenvalue weighted by atomic mass is 10.5. The van der Waals surface area contributed by atoms with Crippen molar-refractivity contribution in [3.63, 3.8) is 0 Å². The SMILES string of the molecule is C=C[n+]1c(C)c[nH]c1C.[Cl-]. The van der Waals surface area contributed by atoms with Gasteiger partial charge >= 0.3 is 0 Å². The molecule has 56 valence electrons. The summed E-state index contributed by atoms with van der Waals surface area (Å²) >= 11 is 0. The van der Waals surface area contributed by atoms with Crippen LogP contribution in [0.2, 0.25) is 0 Å². The Balaban J connectivity index is 0.000000810. The molecule has 1 heterocycles. The van der Waals surface area contributed by atoms with Gasteiger partial charge < -0.3 is 12.4 Å². The third kappa shape index (κ3) is 1.39. The van der Waals surface area contributed by atoms with Crippen LogP contribution >= 0.6 is 0 Å². The summed E-state index contributed by atoms with van der Waals surface area (Å²) < 4.78 is 2.00. The van der Waals surface area contributed by atoms with E-state index in [-0.39, 0.29) is 12.4 Å². The Kier molecular flexibility index (Phi) is 3.16. The van der Waals surface area contributed by atoms with Crippen molar-refractivity contribution in [2.45, 2.75) is 13.8 Å². The molecule has 2 nitrogen and oxygen atoms in total.